The highest BCUT2D eigenvalue weighted by Gasteiger charge is 1.99. The van der Waals surface area contributed by atoms with E-state index in [0.29, 0.717) is 30.5 Å². The van der Waals surface area contributed by atoms with Crippen LogP contribution < -0.4 is 21.1 Å². The molecule has 0 bridgehead atoms. The standard InChI is InChI=1S/C18H22N4O2/c1-13-6-8-15(9-7-13)22-18(19)20-10-11-24-17-5-3-4-16(12-17)21-14(2)23/h3-9,12H,10-11H2,1-2H3,(H,21,23)(H3,19,20,22). The maximum absolute atomic E-state index is 11.0. The number of rotatable bonds is 6. The highest BCUT2D eigenvalue weighted by molar-refractivity contribution is 5.92. The lowest BCUT2D eigenvalue weighted by molar-refractivity contribution is -0.114. The summed E-state index contributed by atoms with van der Waals surface area (Å²) in [6.07, 6.45) is 0. The van der Waals surface area contributed by atoms with Crippen LogP contribution in [-0.4, -0.2) is 25.0 Å². The number of nitrogens with two attached hydrogens (primary N) is 1. The average molecular weight is 326 g/mol. The molecule has 2 aromatic carbocycles. The summed E-state index contributed by atoms with van der Waals surface area (Å²) >= 11 is 0. The number of carbonyl (C=O) groups is 1. The van der Waals surface area contributed by atoms with Gasteiger partial charge in [-0.15, -0.1) is 0 Å². The molecule has 126 valence electrons. The summed E-state index contributed by atoms with van der Waals surface area (Å²) in [4.78, 5) is 15.3. The van der Waals surface area contributed by atoms with Gasteiger partial charge in [-0.3, -0.25) is 4.79 Å². The average Bonchev–Trinajstić information content (AvgIpc) is 2.53. The summed E-state index contributed by atoms with van der Waals surface area (Å²) in [5, 5.41) is 5.73. The Kier molecular flexibility index (Phi) is 6.19. The predicted molar refractivity (Wildman–Crippen MR) is 97.5 cm³/mol. The number of benzene rings is 2. The molecular weight excluding hydrogens is 304 g/mol. The number of nitrogens with zero attached hydrogens (tertiary/aromatic N) is 1. The summed E-state index contributed by atoms with van der Waals surface area (Å²) < 4.78 is 5.60. The molecule has 0 fully saturated rings. The van der Waals surface area contributed by atoms with Crippen molar-refractivity contribution in [2.24, 2.45) is 10.7 Å². The minimum Gasteiger partial charge on any atom is -0.492 e. The Morgan fingerprint density at radius 2 is 1.88 bits per heavy atom. The lowest BCUT2D eigenvalue weighted by Gasteiger charge is -2.08. The molecule has 4 N–H and O–H groups in total. The van der Waals surface area contributed by atoms with E-state index >= 15 is 0 Å². The normalized spacial score (nSPS) is 11.0. The third kappa shape index (κ3) is 6.00. The molecule has 0 aliphatic heterocycles. The molecule has 0 saturated carbocycles. The smallest absolute Gasteiger partial charge is 0.221 e. The van der Waals surface area contributed by atoms with Crippen molar-refractivity contribution in [3.05, 3.63) is 54.1 Å². The van der Waals surface area contributed by atoms with Crippen LogP contribution in [0, 0.1) is 6.92 Å². The van der Waals surface area contributed by atoms with Gasteiger partial charge < -0.3 is 21.1 Å². The molecular formula is C18H22N4O2. The second-order valence-electron chi connectivity index (χ2n) is 5.32. The summed E-state index contributed by atoms with van der Waals surface area (Å²) in [5.41, 5.74) is 8.62. The lowest BCUT2D eigenvalue weighted by Crippen LogP contribution is -2.23. The zero-order valence-electron chi connectivity index (χ0n) is 13.9. The number of hydrogen-bond donors (Lipinski definition) is 3. The third-order valence-corrected chi connectivity index (χ3v) is 3.12. The SMILES string of the molecule is CC(=O)Nc1cccc(OCCN=C(N)Nc2ccc(C)cc2)c1. The Morgan fingerprint density at radius 3 is 2.58 bits per heavy atom. The van der Waals surface area contributed by atoms with Gasteiger partial charge in [-0.1, -0.05) is 23.8 Å². The van der Waals surface area contributed by atoms with Crippen molar-refractivity contribution in [3.8, 4) is 5.75 Å². The number of guanidine groups is 1. The van der Waals surface area contributed by atoms with Crippen LogP contribution in [0.4, 0.5) is 11.4 Å². The van der Waals surface area contributed by atoms with Crippen LogP contribution in [0.3, 0.4) is 0 Å². The van der Waals surface area contributed by atoms with Crippen molar-refractivity contribution < 1.29 is 9.53 Å². The number of aliphatic imine (C=N–C) groups is 1. The minimum absolute atomic E-state index is 0.119. The Labute approximate surface area is 141 Å². The fourth-order valence-corrected chi connectivity index (χ4v) is 2.02. The molecule has 0 aliphatic carbocycles. The molecule has 0 aliphatic rings. The van der Waals surface area contributed by atoms with Crippen molar-refractivity contribution in [1.82, 2.24) is 0 Å². The number of anilines is 2. The van der Waals surface area contributed by atoms with Gasteiger partial charge >= 0.3 is 0 Å². The molecule has 2 rings (SSSR count). The van der Waals surface area contributed by atoms with Crippen LogP contribution >= 0.6 is 0 Å². The number of amides is 1. The van der Waals surface area contributed by atoms with Crippen LogP contribution in [0.25, 0.3) is 0 Å². The molecule has 6 nitrogen and oxygen atoms in total. The predicted octanol–water partition coefficient (Wildman–Crippen LogP) is 2.76. The van der Waals surface area contributed by atoms with Crippen LogP contribution in [0.5, 0.6) is 5.75 Å². The lowest BCUT2D eigenvalue weighted by atomic mass is 10.2. The summed E-state index contributed by atoms with van der Waals surface area (Å²) in [6.45, 7) is 4.31. The van der Waals surface area contributed by atoms with E-state index in [1.54, 1.807) is 12.1 Å². The highest BCUT2D eigenvalue weighted by atomic mass is 16.5. The first-order valence-corrected chi connectivity index (χ1v) is 7.67. The van der Waals surface area contributed by atoms with Crippen LogP contribution in [0.1, 0.15) is 12.5 Å². The molecule has 0 spiro atoms. The molecule has 24 heavy (non-hydrogen) atoms. The molecule has 0 atom stereocenters. The number of ether oxygens (including phenoxy) is 1. The number of nitrogens with one attached hydrogen (secondary N) is 2. The Morgan fingerprint density at radius 1 is 1.12 bits per heavy atom. The second kappa shape index (κ2) is 8.57. The Balaban J connectivity index is 1.79. The second-order valence-corrected chi connectivity index (χ2v) is 5.32. The van der Waals surface area contributed by atoms with Crippen molar-refractivity contribution in [2.45, 2.75) is 13.8 Å². The van der Waals surface area contributed by atoms with Crippen LogP contribution in [-0.2, 0) is 4.79 Å². The number of carbonyl (C=O) groups excluding carboxylic acids is 1. The molecule has 0 aromatic heterocycles. The molecule has 1 amide bonds. The van der Waals surface area contributed by atoms with Gasteiger partial charge in [0.15, 0.2) is 5.96 Å². The van der Waals surface area contributed by atoms with Crippen LogP contribution in [0.15, 0.2) is 53.5 Å². The number of aryl methyl sites for hydroxylation is 1. The van der Waals surface area contributed by atoms with E-state index in [-0.39, 0.29) is 5.91 Å². The first-order valence-electron chi connectivity index (χ1n) is 7.67. The molecule has 2 aromatic rings. The first-order chi connectivity index (χ1) is 11.5. The minimum atomic E-state index is -0.119. The van der Waals surface area contributed by atoms with Gasteiger partial charge in [-0.25, -0.2) is 4.99 Å². The summed E-state index contributed by atoms with van der Waals surface area (Å²) in [5.74, 6) is 0.891. The van der Waals surface area contributed by atoms with E-state index in [1.165, 1.54) is 12.5 Å². The van der Waals surface area contributed by atoms with Gasteiger partial charge in [0.1, 0.15) is 12.4 Å². The fourth-order valence-electron chi connectivity index (χ4n) is 2.02. The first kappa shape index (κ1) is 17.3. The molecule has 0 heterocycles. The largest absolute Gasteiger partial charge is 0.492 e. The molecule has 0 saturated heterocycles. The zero-order chi connectivity index (χ0) is 17.4. The van der Waals surface area contributed by atoms with Crippen molar-refractivity contribution in [3.63, 3.8) is 0 Å². The fraction of sp³-hybridized carbons (Fsp3) is 0.222. The van der Waals surface area contributed by atoms with Gasteiger partial charge in [-0.2, -0.15) is 0 Å². The Bertz CT molecular complexity index is 711. The van der Waals surface area contributed by atoms with Crippen LogP contribution in [0.2, 0.25) is 0 Å². The van der Waals surface area contributed by atoms with E-state index in [4.69, 9.17) is 10.5 Å². The monoisotopic (exact) mass is 326 g/mol. The van der Waals surface area contributed by atoms with Gasteiger partial charge in [0.05, 0.1) is 6.54 Å². The van der Waals surface area contributed by atoms with Gasteiger partial charge in [0.25, 0.3) is 0 Å². The van der Waals surface area contributed by atoms with Gasteiger partial charge in [0.2, 0.25) is 5.91 Å². The quantitative estimate of drug-likeness (QED) is 0.433. The van der Waals surface area contributed by atoms with E-state index < -0.39 is 0 Å². The third-order valence-electron chi connectivity index (χ3n) is 3.12. The van der Waals surface area contributed by atoms with E-state index in [2.05, 4.69) is 15.6 Å². The topological polar surface area (TPSA) is 88.7 Å². The van der Waals surface area contributed by atoms with E-state index in [9.17, 15) is 4.79 Å². The molecule has 6 heteroatoms. The Hall–Kier alpha value is -3.02. The van der Waals surface area contributed by atoms with E-state index in [0.717, 1.165) is 5.69 Å². The number of hydrogen-bond acceptors (Lipinski definition) is 3. The maximum atomic E-state index is 11.0. The maximum Gasteiger partial charge on any atom is 0.221 e. The highest BCUT2D eigenvalue weighted by Crippen LogP contribution is 2.17. The van der Waals surface area contributed by atoms with Crippen molar-refractivity contribution >= 4 is 23.2 Å². The van der Waals surface area contributed by atoms with Crippen molar-refractivity contribution in [2.75, 3.05) is 23.8 Å². The van der Waals surface area contributed by atoms with E-state index in [1.807, 2.05) is 43.3 Å². The summed E-state index contributed by atoms with van der Waals surface area (Å²) in [7, 11) is 0. The molecule has 0 unspecified atom stereocenters. The molecule has 0 radical (unpaired) electrons. The summed E-state index contributed by atoms with van der Waals surface area (Å²) in [6, 6.07) is 15.1. The zero-order valence-corrected chi connectivity index (χ0v) is 13.9. The van der Waals surface area contributed by atoms with Crippen molar-refractivity contribution in [1.29, 1.82) is 0 Å². The van der Waals surface area contributed by atoms with Gasteiger partial charge in [-0.05, 0) is 31.2 Å². The van der Waals surface area contributed by atoms with Gasteiger partial charge in [0, 0.05) is 24.4 Å².